The van der Waals surface area contributed by atoms with Gasteiger partial charge in [0, 0.05) is 5.02 Å². The number of halogens is 2. The van der Waals surface area contributed by atoms with Crippen LogP contribution in [0.3, 0.4) is 0 Å². The predicted octanol–water partition coefficient (Wildman–Crippen LogP) is 6.12. The quantitative estimate of drug-likeness (QED) is 0.462. The summed E-state index contributed by atoms with van der Waals surface area (Å²) < 4.78 is 0. The molecule has 0 radical (unpaired) electrons. The highest BCUT2D eigenvalue weighted by molar-refractivity contribution is 6.31. The lowest BCUT2D eigenvalue weighted by atomic mass is 9.90. The van der Waals surface area contributed by atoms with Crippen LogP contribution in [0.5, 0.6) is 0 Å². The van der Waals surface area contributed by atoms with Crippen molar-refractivity contribution in [3.63, 3.8) is 0 Å². The first-order valence-electron chi connectivity index (χ1n) is 7.62. The molecule has 0 heterocycles. The Balaban J connectivity index is 1.86. The van der Waals surface area contributed by atoms with Crippen LogP contribution in [-0.2, 0) is 12.8 Å². The van der Waals surface area contributed by atoms with Crippen LogP contribution >= 0.6 is 23.2 Å². The van der Waals surface area contributed by atoms with Gasteiger partial charge >= 0.3 is 0 Å². The summed E-state index contributed by atoms with van der Waals surface area (Å²) in [5, 5.41) is 0.956. The minimum atomic E-state index is 0.0843. The second-order valence-corrected chi connectivity index (χ2v) is 6.93. The molecule has 0 bridgehead atoms. The van der Waals surface area contributed by atoms with E-state index in [0.29, 0.717) is 5.92 Å². The largest absolute Gasteiger partial charge is 0.117 e. The summed E-state index contributed by atoms with van der Waals surface area (Å²) in [5.41, 5.74) is 5.15. The summed E-state index contributed by atoms with van der Waals surface area (Å²) in [7, 11) is 0. The van der Waals surface area contributed by atoms with E-state index < -0.39 is 0 Å². The van der Waals surface area contributed by atoms with Crippen LogP contribution < -0.4 is 0 Å². The van der Waals surface area contributed by atoms with Gasteiger partial charge in [0.05, 0.1) is 5.38 Å². The Morgan fingerprint density at radius 3 is 2.76 bits per heavy atom. The Morgan fingerprint density at radius 1 is 1.14 bits per heavy atom. The van der Waals surface area contributed by atoms with Gasteiger partial charge in [-0.2, -0.15) is 0 Å². The molecule has 3 rings (SSSR count). The van der Waals surface area contributed by atoms with E-state index in [2.05, 4.69) is 43.3 Å². The summed E-state index contributed by atoms with van der Waals surface area (Å²) in [6.45, 7) is 2.07. The summed E-state index contributed by atoms with van der Waals surface area (Å²) in [6, 6.07) is 14.9. The molecule has 0 spiro atoms. The van der Waals surface area contributed by atoms with Crippen molar-refractivity contribution in [2.24, 2.45) is 5.92 Å². The second-order valence-electron chi connectivity index (χ2n) is 6.05. The Hall–Kier alpha value is -0.980. The lowest BCUT2D eigenvalue weighted by Gasteiger charge is -2.22. The molecule has 2 unspecified atom stereocenters. The Bertz CT molecular complexity index is 633. The zero-order chi connectivity index (χ0) is 14.8. The average molecular weight is 319 g/mol. The first kappa shape index (κ1) is 14.9. The van der Waals surface area contributed by atoms with Crippen molar-refractivity contribution in [3.8, 4) is 0 Å². The molecule has 0 saturated heterocycles. The number of fused-ring (bicyclic) bond motifs is 1. The normalized spacial score (nSPS) is 21.7. The third-order valence-corrected chi connectivity index (χ3v) is 5.42. The third kappa shape index (κ3) is 3.27. The number of hydrogen-bond donors (Lipinski definition) is 0. The fourth-order valence-corrected chi connectivity index (χ4v) is 4.03. The molecular formula is C19H20Cl2. The van der Waals surface area contributed by atoms with Gasteiger partial charge in [-0.3, -0.25) is 0 Å². The molecule has 0 saturated carbocycles. The van der Waals surface area contributed by atoms with Crippen LogP contribution in [0.4, 0.5) is 0 Å². The highest BCUT2D eigenvalue weighted by Crippen LogP contribution is 2.40. The molecule has 0 aromatic heterocycles. The molecular weight excluding hydrogens is 299 g/mol. The van der Waals surface area contributed by atoms with E-state index in [-0.39, 0.29) is 5.38 Å². The zero-order valence-electron chi connectivity index (χ0n) is 12.3. The monoisotopic (exact) mass is 318 g/mol. The maximum absolute atomic E-state index is 6.81. The van der Waals surface area contributed by atoms with E-state index in [0.717, 1.165) is 24.3 Å². The van der Waals surface area contributed by atoms with Crippen molar-refractivity contribution in [1.82, 2.24) is 0 Å². The number of rotatable bonds is 2. The van der Waals surface area contributed by atoms with Crippen molar-refractivity contribution in [2.45, 2.75) is 38.0 Å². The Morgan fingerprint density at radius 2 is 1.95 bits per heavy atom. The zero-order valence-corrected chi connectivity index (χ0v) is 13.8. The maximum atomic E-state index is 6.81. The van der Waals surface area contributed by atoms with Crippen molar-refractivity contribution in [1.29, 1.82) is 0 Å². The van der Waals surface area contributed by atoms with Crippen LogP contribution in [-0.4, -0.2) is 0 Å². The average Bonchev–Trinajstić information content (AvgIpc) is 2.63. The molecule has 1 aliphatic carbocycles. The molecule has 1 aliphatic rings. The molecule has 2 aromatic carbocycles. The van der Waals surface area contributed by atoms with Crippen molar-refractivity contribution in [3.05, 3.63) is 69.7 Å². The molecule has 2 heteroatoms. The minimum Gasteiger partial charge on any atom is -0.117 e. The molecule has 0 amide bonds. The number of alkyl halides is 1. The number of aryl methyl sites for hydroxylation is 2. The van der Waals surface area contributed by atoms with Gasteiger partial charge < -0.3 is 0 Å². The summed E-state index contributed by atoms with van der Waals surface area (Å²) in [4.78, 5) is 0. The molecule has 2 atom stereocenters. The molecule has 110 valence electrons. The second kappa shape index (κ2) is 6.42. The van der Waals surface area contributed by atoms with Crippen LogP contribution in [0, 0.1) is 12.8 Å². The fourth-order valence-electron chi connectivity index (χ4n) is 3.29. The van der Waals surface area contributed by atoms with E-state index in [9.17, 15) is 0 Å². The van der Waals surface area contributed by atoms with Crippen LogP contribution in [0.2, 0.25) is 5.02 Å². The van der Waals surface area contributed by atoms with Gasteiger partial charge in [-0.05, 0) is 66.8 Å². The summed E-state index contributed by atoms with van der Waals surface area (Å²) >= 11 is 13.2. The lowest BCUT2D eigenvalue weighted by molar-refractivity contribution is 0.465. The van der Waals surface area contributed by atoms with E-state index in [1.54, 1.807) is 0 Å². The van der Waals surface area contributed by atoms with Gasteiger partial charge in [-0.1, -0.05) is 48.0 Å². The highest BCUT2D eigenvalue weighted by Gasteiger charge is 2.26. The van der Waals surface area contributed by atoms with Crippen molar-refractivity contribution >= 4 is 23.2 Å². The van der Waals surface area contributed by atoms with Crippen LogP contribution in [0.25, 0.3) is 0 Å². The third-order valence-electron chi connectivity index (χ3n) is 4.48. The standard InChI is InChI=1S/C19H20Cl2/c1-13-9-10-15(18(20)11-13)12-16-7-4-6-14-5-2-3-8-17(14)19(16)21/h2-3,5,8-11,16,19H,4,6-7,12H2,1H3. The van der Waals surface area contributed by atoms with E-state index in [1.165, 1.54) is 28.7 Å². The highest BCUT2D eigenvalue weighted by atomic mass is 35.5. The van der Waals surface area contributed by atoms with Gasteiger partial charge in [0.1, 0.15) is 0 Å². The van der Waals surface area contributed by atoms with E-state index in [1.807, 2.05) is 6.07 Å². The molecule has 0 N–H and O–H groups in total. The van der Waals surface area contributed by atoms with Gasteiger partial charge in [0.25, 0.3) is 0 Å². The number of hydrogen-bond acceptors (Lipinski definition) is 0. The van der Waals surface area contributed by atoms with E-state index in [4.69, 9.17) is 23.2 Å². The molecule has 0 fully saturated rings. The van der Waals surface area contributed by atoms with Gasteiger partial charge in [-0.25, -0.2) is 0 Å². The van der Waals surface area contributed by atoms with Gasteiger partial charge in [0.15, 0.2) is 0 Å². The predicted molar refractivity (Wildman–Crippen MR) is 91.4 cm³/mol. The van der Waals surface area contributed by atoms with Crippen LogP contribution in [0.15, 0.2) is 42.5 Å². The van der Waals surface area contributed by atoms with Gasteiger partial charge in [0.2, 0.25) is 0 Å². The first-order chi connectivity index (χ1) is 10.1. The topological polar surface area (TPSA) is 0 Å². The van der Waals surface area contributed by atoms with Crippen molar-refractivity contribution in [2.75, 3.05) is 0 Å². The van der Waals surface area contributed by atoms with E-state index >= 15 is 0 Å². The molecule has 0 aliphatic heterocycles. The van der Waals surface area contributed by atoms with Gasteiger partial charge in [-0.15, -0.1) is 11.6 Å². The lowest BCUT2D eigenvalue weighted by Crippen LogP contribution is -2.11. The maximum Gasteiger partial charge on any atom is 0.0619 e. The Kier molecular flexibility index (Phi) is 4.57. The smallest absolute Gasteiger partial charge is 0.0619 e. The van der Waals surface area contributed by atoms with Crippen molar-refractivity contribution < 1.29 is 0 Å². The first-order valence-corrected chi connectivity index (χ1v) is 8.43. The summed E-state index contributed by atoms with van der Waals surface area (Å²) in [6.07, 6.45) is 4.46. The summed E-state index contributed by atoms with van der Waals surface area (Å²) in [5.74, 6) is 0.454. The Labute approximate surface area is 137 Å². The molecule has 0 nitrogen and oxygen atoms in total. The molecule has 21 heavy (non-hydrogen) atoms. The SMILES string of the molecule is Cc1ccc(CC2CCCc3ccccc3C2Cl)c(Cl)c1. The van der Waals surface area contributed by atoms with Crippen LogP contribution in [0.1, 0.15) is 40.5 Å². The molecule has 2 aromatic rings. The minimum absolute atomic E-state index is 0.0843. The number of benzene rings is 2. The fraction of sp³-hybridized carbons (Fsp3) is 0.368.